The number of aromatic amines is 1. The van der Waals surface area contributed by atoms with E-state index in [0.29, 0.717) is 17.8 Å². The van der Waals surface area contributed by atoms with Gasteiger partial charge in [0.2, 0.25) is 5.91 Å². The molecule has 2 aromatic heterocycles. The Kier molecular flexibility index (Phi) is 7.46. The van der Waals surface area contributed by atoms with E-state index in [2.05, 4.69) is 29.0 Å². The molecule has 1 aliphatic rings. The summed E-state index contributed by atoms with van der Waals surface area (Å²) in [7, 11) is 0. The van der Waals surface area contributed by atoms with Gasteiger partial charge in [0.15, 0.2) is 0 Å². The summed E-state index contributed by atoms with van der Waals surface area (Å²) >= 11 is 1.58. The average Bonchev–Trinajstić information content (AvgIpc) is 3.01. The molecular weight excluding hydrogens is 384 g/mol. The zero-order valence-electron chi connectivity index (χ0n) is 18.1. The van der Waals surface area contributed by atoms with E-state index in [0.717, 1.165) is 47.6 Å². The lowest BCUT2D eigenvalue weighted by molar-refractivity contribution is -0.127. The van der Waals surface area contributed by atoms with Crippen LogP contribution in [0.1, 0.15) is 74.7 Å². The Bertz CT molecular complexity index is 904. The van der Waals surface area contributed by atoms with Crippen molar-refractivity contribution in [3.8, 4) is 0 Å². The molecule has 2 atom stereocenters. The Labute approximate surface area is 177 Å². The number of thiophene rings is 1. The number of likely N-dealkylation sites (tertiary alicyclic amines) is 1. The SMILES string of the molecule is CCCCCCNC(=O)C1CCCN(C(C)c2nc3sc(C)c(C)c3c(=O)[nH]2)C1. The van der Waals surface area contributed by atoms with E-state index < -0.39 is 0 Å². The number of rotatable bonds is 8. The number of carbonyl (C=O) groups excluding carboxylic acids is 1. The van der Waals surface area contributed by atoms with Crippen molar-refractivity contribution in [1.29, 1.82) is 0 Å². The Morgan fingerprint density at radius 3 is 2.90 bits per heavy atom. The highest BCUT2D eigenvalue weighted by atomic mass is 32.1. The number of amides is 1. The second-order valence-electron chi connectivity index (χ2n) is 8.28. The maximum Gasteiger partial charge on any atom is 0.259 e. The molecule has 2 N–H and O–H groups in total. The largest absolute Gasteiger partial charge is 0.356 e. The molecule has 1 fully saturated rings. The minimum absolute atomic E-state index is 0.0130. The van der Waals surface area contributed by atoms with Gasteiger partial charge in [-0.05, 0) is 52.1 Å². The number of fused-ring (bicyclic) bond motifs is 1. The van der Waals surface area contributed by atoms with Crippen LogP contribution < -0.4 is 10.9 Å². The molecule has 0 aromatic carbocycles. The number of hydrogen-bond acceptors (Lipinski definition) is 5. The van der Waals surface area contributed by atoms with E-state index in [1.165, 1.54) is 19.3 Å². The molecule has 7 heteroatoms. The first kappa shape index (κ1) is 22.0. The number of nitrogens with zero attached hydrogens (tertiary/aromatic N) is 2. The van der Waals surface area contributed by atoms with Gasteiger partial charge >= 0.3 is 0 Å². The van der Waals surface area contributed by atoms with Gasteiger partial charge in [-0.2, -0.15) is 0 Å². The number of carbonyl (C=O) groups is 1. The molecule has 29 heavy (non-hydrogen) atoms. The van der Waals surface area contributed by atoms with E-state index in [-0.39, 0.29) is 23.4 Å². The Hall–Kier alpha value is -1.73. The van der Waals surface area contributed by atoms with Gasteiger partial charge < -0.3 is 10.3 Å². The van der Waals surface area contributed by atoms with E-state index >= 15 is 0 Å². The van der Waals surface area contributed by atoms with Crippen molar-refractivity contribution in [1.82, 2.24) is 20.2 Å². The normalized spacial score (nSPS) is 18.8. The van der Waals surface area contributed by atoms with Crippen LogP contribution in [0.2, 0.25) is 0 Å². The first-order valence-corrected chi connectivity index (χ1v) is 11.8. The van der Waals surface area contributed by atoms with Crippen LogP contribution in [-0.2, 0) is 4.79 Å². The van der Waals surface area contributed by atoms with Crippen molar-refractivity contribution in [3.05, 3.63) is 26.6 Å². The third-order valence-electron chi connectivity index (χ3n) is 6.15. The number of hydrogen-bond donors (Lipinski definition) is 2. The highest BCUT2D eigenvalue weighted by Gasteiger charge is 2.29. The summed E-state index contributed by atoms with van der Waals surface area (Å²) in [6, 6.07) is -0.0185. The Balaban J connectivity index is 1.65. The van der Waals surface area contributed by atoms with Crippen LogP contribution >= 0.6 is 11.3 Å². The van der Waals surface area contributed by atoms with E-state index in [9.17, 15) is 9.59 Å². The summed E-state index contributed by atoms with van der Waals surface area (Å²) in [6.45, 7) is 10.7. The number of aryl methyl sites for hydroxylation is 2. The molecule has 0 saturated carbocycles. The van der Waals surface area contributed by atoms with Crippen LogP contribution in [-0.4, -0.2) is 40.4 Å². The number of aromatic nitrogens is 2. The van der Waals surface area contributed by atoms with Crippen LogP contribution in [0.4, 0.5) is 0 Å². The maximum atomic E-state index is 12.6. The van der Waals surface area contributed by atoms with Gasteiger partial charge in [0.1, 0.15) is 10.7 Å². The van der Waals surface area contributed by atoms with Crippen molar-refractivity contribution >= 4 is 27.5 Å². The molecule has 160 valence electrons. The van der Waals surface area contributed by atoms with Crippen molar-refractivity contribution < 1.29 is 4.79 Å². The van der Waals surface area contributed by atoms with Gasteiger partial charge in [0, 0.05) is 18.0 Å². The van der Waals surface area contributed by atoms with Crippen LogP contribution in [0.3, 0.4) is 0 Å². The van der Waals surface area contributed by atoms with Crippen molar-refractivity contribution in [2.45, 2.75) is 72.3 Å². The fraction of sp³-hybridized carbons (Fsp3) is 0.682. The van der Waals surface area contributed by atoms with Crippen LogP contribution in [0.5, 0.6) is 0 Å². The summed E-state index contributed by atoms with van der Waals surface area (Å²) in [4.78, 5) is 37.2. The third-order valence-corrected chi connectivity index (χ3v) is 7.26. The molecule has 0 bridgehead atoms. The zero-order chi connectivity index (χ0) is 21.0. The molecule has 1 amide bonds. The summed E-state index contributed by atoms with van der Waals surface area (Å²) < 4.78 is 0. The van der Waals surface area contributed by atoms with Crippen LogP contribution in [0.15, 0.2) is 4.79 Å². The van der Waals surface area contributed by atoms with Gasteiger partial charge in [0.05, 0.1) is 17.3 Å². The minimum atomic E-state index is -0.0583. The van der Waals surface area contributed by atoms with Gasteiger partial charge in [0.25, 0.3) is 5.56 Å². The van der Waals surface area contributed by atoms with Gasteiger partial charge in [-0.1, -0.05) is 26.2 Å². The smallest absolute Gasteiger partial charge is 0.259 e. The summed E-state index contributed by atoms with van der Waals surface area (Å²) in [6.07, 6.45) is 6.57. The Morgan fingerprint density at radius 1 is 1.34 bits per heavy atom. The van der Waals surface area contributed by atoms with Crippen LogP contribution in [0, 0.1) is 19.8 Å². The van der Waals surface area contributed by atoms with Crippen LogP contribution in [0.25, 0.3) is 10.2 Å². The summed E-state index contributed by atoms with van der Waals surface area (Å²) in [5, 5.41) is 3.83. The third kappa shape index (κ3) is 5.07. The number of nitrogens with one attached hydrogen (secondary N) is 2. The lowest BCUT2D eigenvalue weighted by Crippen LogP contribution is -2.44. The molecule has 0 radical (unpaired) electrons. The fourth-order valence-electron chi connectivity index (χ4n) is 4.12. The maximum absolute atomic E-state index is 12.6. The molecule has 6 nitrogen and oxygen atoms in total. The molecule has 0 spiro atoms. The van der Waals surface area contributed by atoms with Gasteiger partial charge in [-0.15, -0.1) is 11.3 Å². The zero-order valence-corrected chi connectivity index (χ0v) is 19.0. The van der Waals surface area contributed by atoms with Gasteiger partial charge in [-0.3, -0.25) is 14.5 Å². The first-order chi connectivity index (χ1) is 13.9. The van der Waals surface area contributed by atoms with E-state index in [1.54, 1.807) is 11.3 Å². The summed E-state index contributed by atoms with van der Waals surface area (Å²) in [5.41, 5.74) is 0.962. The molecule has 3 heterocycles. The van der Waals surface area contributed by atoms with Crippen molar-refractivity contribution in [2.75, 3.05) is 19.6 Å². The quantitative estimate of drug-likeness (QED) is 0.634. The standard InChI is InChI=1S/C22H34N4O2S/c1-5-6-7-8-11-23-20(27)17-10-9-12-26(13-17)15(3)19-24-21(28)18-14(2)16(4)29-22(18)25-19/h15,17H,5-13H2,1-4H3,(H,23,27)(H,24,25,28). The molecule has 3 rings (SSSR count). The molecule has 2 unspecified atom stereocenters. The van der Waals surface area contributed by atoms with E-state index in [1.807, 2.05) is 13.8 Å². The average molecular weight is 419 g/mol. The number of piperidine rings is 1. The van der Waals surface area contributed by atoms with Crippen molar-refractivity contribution in [2.24, 2.45) is 5.92 Å². The topological polar surface area (TPSA) is 78.1 Å². The highest BCUT2D eigenvalue weighted by molar-refractivity contribution is 7.18. The second kappa shape index (κ2) is 9.85. The lowest BCUT2D eigenvalue weighted by atomic mass is 9.95. The first-order valence-electron chi connectivity index (χ1n) is 10.9. The lowest BCUT2D eigenvalue weighted by Gasteiger charge is -2.35. The molecule has 1 aliphatic heterocycles. The highest BCUT2D eigenvalue weighted by Crippen LogP contribution is 2.29. The predicted molar refractivity (Wildman–Crippen MR) is 120 cm³/mol. The van der Waals surface area contributed by atoms with Crippen molar-refractivity contribution in [3.63, 3.8) is 0 Å². The molecule has 0 aliphatic carbocycles. The molecule has 1 saturated heterocycles. The Morgan fingerprint density at radius 2 is 2.14 bits per heavy atom. The molecular formula is C22H34N4O2S. The van der Waals surface area contributed by atoms with Gasteiger partial charge in [-0.25, -0.2) is 4.98 Å². The summed E-state index contributed by atoms with van der Waals surface area (Å²) in [5.74, 6) is 0.878. The monoisotopic (exact) mass is 418 g/mol. The predicted octanol–water partition coefficient (Wildman–Crippen LogP) is 4.07. The number of unbranched alkanes of at least 4 members (excludes halogenated alkanes) is 3. The molecule has 2 aromatic rings. The van der Waals surface area contributed by atoms with E-state index in [4.69, 9.17) is 4.98 Å². The minimum Gasteiger partial charge on any atom is -0.356 e. The second-order valence-corrected chi connectivity index (χ2v) is 9.48. The fourth-order valence-corrected chi connectivity index (χ4v) is 5.16. The number of H-pyrrole nitrogens is 1.